The van der Waals surface area contributed by atoms with Crippen molar-refractivity contribution in [3.05, 3.63) is 29.8 Å². The lowest BCUT2D eigenvalue weighted by molar-refractivity contribution is -0.314. The van der Waals surface area contributed by atoms with Gasteiger partial charge in [-0.15, -0.1) is 0 Å². The van der Waals surface area contributed by atoms with Crippen LogP contribution in [0, 0.1) is 17.3 Å². The van der Waals surface area contributed by atoms with E-state index in [1.807, 2.05) is 20.8 Å². The van der Waals surface area contributed by atoms with Gasteiger partial charge >= 0.3 is 6.18 Å². The Morgan fingerprint density at radius 2 is 2.00 bits per heavy atom. The third-order valence-corrected chi connectivity index (χ3v) is 5.86. The summed E-state index contributed by atoms with van der Waals surface area (Å²) >= 11 is 0. The van der Waals surface area contributed by atoms with Gasteiger partial charge in [-0.05, 0) is 48.8 Å². The number of hydrogen-bond acceptors (Lipinski definition) is 4. The number of alkyl halides is 3. The van der Waals surface area contributed by atoms with Crippen molar-refractivity contribution in [2.75, 3.05) is 7.11 Å². The molecule has 0 bridgehead atoms. The third-order valence-electron chi connectivity index (χ3n) is 5.86. The Hall–Kier alpha value is -2.09. The lowest BCUT2D eigenvalue weighted by Crippen LogP contribution is -2.62. The second kappa shape index (κ2) is 6.76. The molecule has 1 amide bonds. The highest BCUT2D eigenvalue weighted by Crippen LogP contribution is 2.52. The van der Waals surface area contributed by atoms with Crippen molar-refractivity contribution in [3.8, 4) is 5.75 Å². The van der Waals surface area contributed by atoms with Gasteiger partial charge in [0, 0.05) is 11.3 Å². The Morgan fingerprint density at radius 1 is 1.32 bits per heavy atom. The number of rotatable bonds is 2. The number of hydrogen-bond donors (Lipinski definition) is 1. The van der Waals surface area contributed by atoms with Crippen LogP contribution in [0.3, 0.4) is 0 Å². The number of aliphatic hydroxyl groups is 1. The number of halogens is 3. The van der Waals surface area contributed by atoms with Gasteiger partial charge in [0.1, 0.15) is 5.75 Å². The predicted molar refractivity (Wildman–Crippen MR) is 97.9 cm³/mol. The van der Waals surface area contributed by atoms with Gasteiger partial charge in [-0.2, -0.15) is 23.3 Å². The first-order chi connectivity index (χ1) is 12.9. The molecular formula is C20H25F3N2O3. The van der Waals surface area contributed by atoms with E-state index in [0.717, 1.165) is 0 Å². The van der Waals surface area contributed by atoms with Gasteiger partial charge in [-0.25, -0.2) is 0 Å². The average molecular weight is 398 g/mol. The molecule has 0 radical (unpaired) electrons. The fraction of sp³-hybridized carbons (Fsp3) is 0.600. The zero-order valence-corrected chi connectivity index (χ0v) is 16.4. The molecule has 1 saturated carbocycles. The van der Waals surface area contributed by atoms with Crippen molar-refractivity contribution in [2.45, 2.75) is 51.9 Å². The zero-order chi connectivity index (χ0) is 20.9. The molecular weight excluding hydrogens is 373 g/mol. The molecule has 0 spiro atoms. The molecule has 1 aliphatic heterocycles. The summed E-state index contributed by atoms with van der Waals surface area (Å²) in [6, 6.07) is 5.79. The Bertz CT molecular complexity index is 801. The van der Waals surface area contributed by atoms with Crippen molar-refractivity contribution in [3.63, 3.8) is 0 Å². The smallest absolute Gasteiger partial charge is 0.439 e. The molecule has 154 valence electrons. The molecule has 28 heavy (non-hydrogen) atoms. The van der Waals surface area contributed by atoms with Gasteiger partial charge in [0.25, 0.3) is 11.6 Å². The highest BCUT2D eigenvalue weighted by molar-refractivity contribution is 5.99. The summed E-state index contributed by atoms with van der Waals surface area (Å²) in [6.07, 6.45) is -3.92. The maximum Gasteiger partial charge on any atom is 0.439 e. The molecule has 0 unspecified atom stereocenters. The highest BCUT2D eigenvalue weighted by Gasteiger charge is 2.69. The highest BCUT2D eigenvalue weighted by atomic mass is 19.4. The number of methoxy groups -OCH3 is 1. The van der Waals surface area contributed by atoms with Crippen LogP contribution in [-0.4, -0.2) is 40.7 Å². The Labute approximate surface area is 162 Å². The SMILES string of the molecule is COc1cccc(C(=O)N2N=C3CC[C@H](C(C)(C)C)C[C@H]3[C@@]2(O)C(F)(F)F)c1. The normalized spacial score (nSPS) is 28.0. The Morgan fingerprint density at radius 3 is 2.57 bits per heavy atom. The van der Waals surface area contributed by atoms with E-state index >= 15 is 0 Å². The lowest BCUT2D eigenvalue weighted by Gasteiger charge is -2.42. The van der Waals surface area contributed by atoms with Crippen LogP contribution in [0.2, 0.25) is 0 Å². The van der Waals surface area contributed by atoms with E-state index in [-0.39, 0.29) is 34.0 Å². The molecule has 1 heterocycles. The molecule has 3 atom stereocenters. The standard InChI is InChI=1S/C20H25F3N2O3/c1-18(2,3)13-8-9-16-15(11-13)19(27,20(21,22)23)25(24-16)17(26)12-6-5-7-14(10-12)28-4/h5-7,10,13,15,27H,8-9,11H2,1-4H3/t13-,15+,19+/m0/s1. The topological polar surface area (TPSA) is 62.1 Å². The monoisotopic (exact) mass is 398 g/mol. The number of nitrogens with zero attached hydrogens (tertiary/aromatic N) is 2. The van der Waals surface area contributed by atoms with Crippen molar-refractivity contribution < 1.29 is 27.8 Å². The number of ether oxygens (including phenoxy) is 1. The molecule has 1 aromatic rings. The quantitative estimate of drug-likeness (QED) is 0.811. The predicted octanol–water partition coefficient (Wildman–Crippen LogP) is 4.22. The van der Waals surface area contributed by atoms with Crippen LogP contribution in [0.5, 0.6) is 5.75 Å². The summed E-state index contributed by atoms with van der Waals surface area (Å²) in [5, 5.41) is 15.1. The van der Waals surface area contributed by atoms with E-state index in [1.54, 1.807) is 6.07 Å². The summed E-state index contributed by atoms with van der Waals surface area (Å²) in [5.74, 6) is -1.95. The molecule has 1 N–H and O–H groups in total. The van der Waals surface area contributed by atoms with Crippen LogP contribution in [0.15, 0.2) is 29.4 Å². The average Bonchev–Trinajstić information content (AvgIpc) is 2.94. The summed E-state index contributed by atoms with van der Waals surface area (Å²) < 4.78 is 47.2. The van der Waals surface area contributed by atoms with E-state index in [0.29, 0.717) is 18.6 Å². The first-order valence-electron chi connectivity index (χ1n) is 9.24. The number of hydrazone groups is 1. The van der Waals surface area contributed by atoms with Crippen LogP contribution in [0.4, 0.5) is 13.2 Å². The van der Waals surface area contributed by atoms with Gasteiger partial charge in [0.2, 0.25) is 0 Å². The van der Waals surface area contributed by atoms with Crippen molar-refractivity contribution in [2.24, 2.45) is 22.4 Å². The molecule has 2 aliphatic rings. The number of benzene rings is 1. The van der Waals surface area contributed by atoms with E-state index in [1.165, 1.54) is 25.3 Å². The number of carbonyl (C=O) groups excluding carboxylic acids is 1. The van der Waals surface area contributed by atoms with Crippen molar-refractivity contribution >= 4 is 11.6 Å². The molecule has 1 fully saturated rings. The van der Waals surface area contributed by atoms with E-state index in [2.05, 4.69) is 5.10 Å². The maximum absolute atomic E-state index is 14.1. The van der Waals surface area contributed by atoms with Crippen LogP contribution in [0.1, 0.15) is 50.4 Å². The Kier molecular flexibility index (Phi) is 4.98. The molecule has 8 heteroatoms. The minimum absolute atomic E-state index is 0.0165. The molecule has 1 aromatic carbocycles. The second-order valence-electron chi connectivity index (χ2n) is 8.55. The van der Waals surface area contributed by atoms with Crippen LogP contribution in [0.25, 0.3) is 0 Å². The van der Waals surface area contributed by atoms with E-state index in [9.17, 15) is 23.1 Å². The van der Waals surface area contributed by atoms with Gasteiger partial charge < -0.3 is 9.84 Å². The van der Waals surface area contributed by atoms with Gasteiger partial charge in [0.05, 0.1) is 13.0 Å². The minimum atomic E-state index is -5.04. The summed E-state index contributed by atoms with van der Waals surface area (Å²) in [4.78, 5) is 12.9. The fourth-order valence-corrected chi connectivity index (χ4v) is 4.09. The summed E-state index contributed by atoms with van der Waals surface area (Å²) in [7, 11) is 1.40. The molecule has 0 saturated heterocycles. The Balaban J connectivity index is 2.02. The van der Waals surface area contributed by atoms with Crippen LogP contribution < -0.4 is 4.74 Å². The number of carbonyl (C=O) groups is 1. The second-order valence-corrected chi connectivity index (χ2v) is 8.55. The van der Waals surface area contributed by atoms with E-state index in [4.69, 9.17) is 4.74 Å². The molecule has 3 rings (SSSR count). The molecule has 0 aromatic heterocycles. The van der Waals surface area contributed by atoms with Crippen LogP contribution >= 0.6 is 0 Å². The summed E-state index contributed by atoms with van der Waals surface area (Å²) in [6.45, 7) is 5.92. The van der Waals surface area contributed by atoms with Gasteiger partial charge in [-0.1, -0.05) is 26.8 Å². The molecule has 1 aliphatic carbocycles. The fourth-order valence-electron chi connectivity index (χ4n) is 4.09. The van der Waals surface area contributed by atoms with Gasteiger partial charge in [-0.3, -0.25) is 4.79 Å². The summed E-state index contributed by atoms with van der Waals surface area (Å²) in [5.41, 5.74) is -3.36. The van der Waals surface area contributed by atoms with Gasteiger partial charge in [0.15, 0.2) is 0 Å². The lowest BCUT2D eigenvalue weighted by atomic mass is 9.66. The number of amides is 1. The first kappa shape index (κ1) is 20.6. The van der Waals surface area contributed by atoms with Crippen molar-refractivity contribution in [1.29, 1.82) is 0 Å². The minimum Gasteiger partial charge on any atom is -0.497 e. The van der Waals surface area contributed by atoms with E-state index < -0.39 is 23.7 Å². The first-order valence-corrected chi connectivity index (χ1v) is 9.24. The zero-order valence-electron chi connectivity index (χ0n) is 16.4. The number of fused-ring (bicyclic) bond motifs is 1. The third kappa shape index (κ3) is 3.27. The van der Waals surface area contributed by atoms with Crippen LogP contribution in [-0.2, 0) is 0 Å². The molecule has 5 nitrogen and oxygen atoms in total. The van der Waals surface area contributed by atoms with Crippen molar-refractivity contribution in [1.82, 2.24) is 5.01 Å². The largest absolute Gasteiger partial charge is 0.497 e. The maximum atomic E-state index is 14.1.